The molecule has 0 radical (unpaired) electrons. The molecule has 0 aromatic heterocycles. The number of benzene rings is 1. The van der Waals surface area contributed by atoms with Gasteiger partial charge in [0.15, 0.2) is 0 Å². The zero-order valence-corrected chi connectivity index (χ0v) is 14.1. The van der Waals surface area contributed by atoms with Gasteiger partial charge in [0.05, 0.1) is 13.2 Å². The maximum Gasteiger partial charge on any atom is 0.236 e. The third-order valence-corrected chi connectivity index (χ3v) is 4.11. The second-order valence-electron chi connectivity index (χ2n) is 5.59. The number of carbonyl (C=O) groups is 1. The van der Waals surface area contributed by atoms with Crippen molar-refractivity contribution in [2.45, 2.75) is 25.2 Å². The number of ether oxygens (including phenoxy) is 1. The molecule has 22 heavy (non-hydrogen) atoms. The van der Waals surface area contributed by atoms with Crippen molar-refractivity contribution in [1.82, 2.24) is 10.2 Å². The highest BCUT2D eigenvalue weighted by atomic mass is 35.5. The van der Waals surface area contributed by atoms with E-state index in [4.69, 9.17) is 4.74 Å². The van der Waals surface area contributed by atoms with E-state index in [0.29, 0.717) is 19.1 Å². The number of halogens is 1. The first-order valence-corrected chi connectivity index (χ1v) is 7.83. The van der Waals surface area contributed by atoms with Crippen LogP contribution in [0, 0.1) is 0 Å². The van der Waals surface area contributed by atoms with Crippen molar-refractivity contribution in [3.63, 3.8) is 0 Å². The van der Waals surface area contributed by atoms with E-state index in [2.05, 4.69) is 35.6 Å². The third kappa shape index (κ3) is 5.95. The minimum atomic E-state index is 0. The summed E-state index contributed by atoms with van der Waals surface area (Å²) < 4.78 is 4.96. The SMILES string of the molecule is COCCNCC(=O)N1CCCC(c2ccccc2)CC1.Cl. The van der Waals surface area contributed by atoms with E-state index in [1.54, 1.807) is 7.11 Å². The Morgan fingerprint density at radius 1 is 1.27 bits per heavy atom. The predicted octanol–water partition coefficient (Wildman–Crippen LogP) is 2.44. The van der Waals surface area contributed by atoms with Gasteiger partial charge in [-0.05, 0) is 30.7 Å². The van der Waals surface area contributed by atoms with Crippen LogP contribution >= 0.6 is 12.4 Å². The molecule has 1 aromatic carbocycles. The van der Waals surface area contributed by atoms with Gasteiger partial charge in [-0.3, -0.25) is 4.79 Å². The Labute approximate surface area is 139 Å². The summed E-state index contributed by atoms with van der Waals surface area (Å²) in [6, 6.07) is 10.7. The lowest BCUT2D eigenvalue weighted by Gasteiger charge is -2.21. The highest BCUT2D eigenvalue weighted by Crippen LogP contribution is 2.27. The van der Waals surface area contributed by atoms with E-state index in [1.807, 2.05) is 4.90 Å². The molecular weight excluding hydrogens is 300 g/mol. The molecule has 2 rings (SSSR count). The topological polar surface area (TPSA) is 41.6 Å². The van der Waals surface area contributed by atoms with Gasteiger partial charge in [0, 0.05) is 26.7 Å². The molecule has 1 atom stereocenters. The van der Waals surface area contributed by atoms with E-state index in [0.717, 1.165) is 32.5 Å². The molecule has 1 unspecified atom stereocenters. The van der Waals surface area contributed by atoms with Crippen LogP contribution in [0.5, 0.6) is 0 Å². The van der Waals surface area contributed by atoms with Crippen LogP contribution in [0.4, 0.5) is 0 Å². The number of rotatable bonds is 6. The molecular formula is C17H27ClN2O2. The number of likely N-dealkylation sites (tertiary alicyclic amines) is 1. The van der Waals surface area contributed by atoms with Crippen molar-refractivity contribution in [3.05, 3.63) is 35.9 Å². The Morgan fingerprint density at radius 2 is 2.05 bits per heavy atom. The van der Waals surface area contributed by atoms with Gasteiger partial charge in [0.1, 0.15) is 0 Å². The normalized spacial score (nSPS) is 18.4. The van der Waals surface area contributed by atoms with Crippen molar-refractivity contribution in [2.75, 3.05) is 39.9 Å². The summed E-state index contributed by atoms with van der Waals surface area (Å²) >= 11 is 0. The van der Waals surface area contributed by atoms with Crippen molar-refractivity contribution in [3.8, 4) is 0 Å². The van der Waals surface area contributed by atoms with Crippen molar-refractivity contribution in [1.29, 1.82) is 0 Å². The summed E-state index contributed by atoms with van der Waals surface area (Å²) in [6.45, 7) is 3.53. The average molecular weight is 327 g/mol. The summed E-state index contributed by atoms with van der Waals surface area (Å²) in [4.78, 5) is 14.2. The molecule has 124 valence electrons. The number of hydrogen-bond acceptors (Lipinski definition) is 3. The van der Waals surface area contributed by atoms with Crippen molar-refractivity contribution < 1.29 is 9.53 Å². The zero-order chi connectivity index (χ0) is 14.9. The highest BCUT2D eigenvalue weighted by molar-refractivity contribution is 5.85. The summed E-state index contributed by atoms with van der Waals surface area (Å²) in [7, 11) is 1.67. The predicted molar refractivity (Wildman–Crippen MR) is 91.6 cm³/mol. The molecule has 4 nitrogen and oxygen atoms in total. The lowest BCUT2D eigenvalue weighted by atomic mass is 9.92. The van der Waals surface area contributed by atoms with E-state index in [9.17, 15) is 4.79 Å². The molecule has 1 aromatic rings. The van der Waals surface area contributed by atoms with Crippen LogP contribution in [0.3, 0.4) is 0 Å². The van der Waals surface area contributed by atoms with Gasteiger partial charge in [-0.1, -0.05) is 30.3 Å². The summed E-state index contributed by atoms with van der Waals surface area (Å²) in [6.07, 6.45) is 3.32. The van der Waals surface area contributed by atoms with Crippen LogP contribution in [0.25, 0.3) is 0 Å². The van der Waals surface area contributed by atoms with Gasteiger partial charge in [-0.25, -0.2) is 0 Å². The van der Waals surface area contributed by atoms with Crippen LogP contribution in [-0.2, 0) is 9.53 Å². The lowest BCUT2D eigenvalue weighted by molar-refractivity contribution is -0.130. The second-order valence-corrected chi connectivity index (χ2v) is 5.59. The van der Waals surface area contributed by atoms with Gasteiger partial charge in [-0.15, -0.1) is 12.4 Å². The Bertz CT molecular complexity index is 428. The van der Waals surface area contributed by atoms with E-state index in [-0.39, 0.29) is 18.3 Å². The molecule has 1 aliphatic rings. The maximum absolute atomic E-state index is 12.2. The molecule has 0 bridgehead atoms. The average Bonchev–Trinajstić information content (AvgIpc) is 2.78. The van der Waals surface area contributed by atoms with Crippen LogP contribution in [0.1, 0.15) is 30.7 Å². The fraction of sp³-hybridized carbons (Fsp3) is 0.588. The van der Waals surface area contributed by atoms with Gasteiger partial charge < -0.3 is 15.0 Å². The Morgan fingerprint density at radius 3 is 2.77 bits per heavy atom. The summed E-state index contributed by atoms with van der Waals surface area (Å²) in [5, 5.41) is 3.13. The first kappa shape index (κ1) is 18.9. The van der Waals surface area contributed by atoms with Gasteiger partial charge in [-0.2, -0.15) is 0 Å². The summed E-state index contributed by atoms with van der Waals surface area (Å²) in [5.74, 6) is 0.797. The van der Waals surface area contributed by atoms with E-state index >= 15 is 0 Å². The van der Waals surface area contributed by atoms with Crippen LogP contribution in [-0.4, -0.2) is 50.7 Å². The Kier molecular flexibility index (Phi) is 9.13. The number of carbonyl (C=O) groups excluding carboxylic acids is 1. The molecule has 1 aliphatic heterocycles. The van der Waals surface area contributed by atoms with Gasteiger partial charge in [0.2, 0.25) is 5.91 Å². The minimum absolute atomic E-state index is 0. The minimum Gasteiger partial charge on any atom is -0.383 e. The largest absolute Gasteiger partial charge is 0.383 e. The first-order chi connectivity index (χ1) is 10.3. The number of nitrogens with one attached hydrogen (secondary N) is 1. The molecule has 1 N–H and O–H groups in total. The van der Waals surface area contributed by atoms with Crippen LogP contribution in [0.2, 0.25) is 0 Å². The van der Waals surface area contributed by atoms with Crippen LogP contribution < -0.4 is 5.32 Å². The first-order valence-electron chi connectivity index (χ1n) is 7.83. The number of methoxy groups -OCH3 is 1. The number of amides is 1. The fourth-order valence-electron chi connectivity index (χ4n) is 2.89. The molecule has 5 heteroatoms. The molecule has 1 amide bonds. The Balaban J connectivity index is 0.00000242. The fourth-order valence-corrected chi connectivity index (χ4v) is 2.89. The summed E-state index contributed by atoms with van der Waals surface area (Å²) in [5.41, 5.74) is 1.41. The molecule has 0 saturated carbocycles. The molecule has 1 heterocycles. The van der Waals surface area contributed by atoms with Crippen molar-refractivity contribution >= 4 is 18.3 Å². The maximum atomic E-state index is 12.2. The molecule has 1 saturated heterocycles. The smallest absolute Gasteiger partial charge is 0.236 e. The van der Waals surface area contributed by atoms with E-state index < -0.39 is 0 Å². The lowest BCUT2D eigenvalue weighted by Crippen LogP contribution is -2.39. The highest BCUT2D eigenvalue weighted by Gasteiger charge is 2.21. The molecule has 0 spiro atoms. The third-order valence-electron chi connectivity index (χ3n) is 4.11. The van der Waals surface area contributed by atoms with Gasteiger partial charge >= 0.3 is 0 Å². The Hall–Kier alpha value is -1.10. The standard InChI is InChI=1S/C17H26N2O2.ClH/c1-21-13-10-18-14-17(20)19-11-5-8-16(9-12-19)15-6-3-2-4-7-15;/h2-4,6-7,16,18H,5,8-14H2,1H3;1H. The van der Waals surface area contributed by atoms with Crippen molar-refractivity contribution in [2.24, 2.45) is 0 Å². The monoisotopic (exact) mass is 326 g/mol. The number of hydrogen-bond donors (Lipinski definition) is 1. The molecule has 1 fully saturated rings. The second kappa shape index (κ2) is 10.6. The molecule has 0 aliphatic carbocycles. The van der Waals surface area contributed by atoms with Gasteiger partial charge in [0.25, 0.3) is 0 Å². The van der Waals surface area contributed by atoms with E-state index in [1.165, 1.54) is 12.0 Å². The van der Waals surface area contributed by atoms with Crippen LogP contribution in [0.15, 0.2) is 30.3 Å². The zero-order valence-electron chi connectivity index (χ0n) is 13.3. The quantitative estimate of drug-likeness (QED) is 0.816. The number of nitrogens with zero attached hydrogens (tertiary/aromatic N) is 1.